The Labute approximate surface area is 91.9 Å². The Morgan fingerprint density at radius 2 is 1.94 bits per heavy atom. The normalized spacial score (nSPS) is 9.69. The Balaban J connectivity index is 3.02. The van der Waals surface area contributed by atoms with Crippen LogP contribution in [-0.2, 0) is 11.3 Å². The predicted octanol–water partition coefficient (Wildman–Crippen LogP) is 1.81. The first-order valence-electron chi connectivity index (χ1n) is 4.55. The van der Waals surface area contributed by atoms with Gasteiger partial charge >= 0.3 is 0 Å². The number of rotatable bonds is 2. The van der Waals surface area contributed by atoms with Gasteiger partial charge in [-0.25, -0.2) is 8.78 Å². The third kappa shape index (κ3) is 2.54. The van der Waals surface area contributed by atoms with E-state index in [1.54, 1.807) is 0 Å². The van der Waals surface area contributed by atoms with Crippen LogP contribution in [0.3, 0.4) is 0 Å². The maximum Gasteiger partial charge on any atom is 0.219 e. The van der Waals surface area contributed by atoms with Crippen molar-refractivity contribution in [2.75, 3.05) is 7.05 Å². The highest BCUT2D eigenvalue weighted by Gasteiger charge is 2.12. The van der Waals surface area contributed by atoms with E-state index in [1.165, 1.54) is 24.9 Å². The smallest absolute Gasteiger partial charge is 0.219 e. The van der Waals surface area contributed by atoms with Gasteiger partial charge < -0.3 is 4.90 Å². The lowest BCUT2D eigenvalue weighted by atomic mass is 10.1. The zero-order chi connectivity index (χ0) is 12.3. The predicted molar refractivity (Wildman–Crippen MR) is 53.2 cm³/mol. The molecule has 0 saturated heterocycles. The van der Waals surface area contributed by atoms with E-state index in [4.69, 9.17) is 5.26 Å². The minimum Gasteiger partial charge on any atom is -0.342 e. The van der Waals surface area contributed by atoms with Gasteiger partial charge in [-0.05, 0) is 17.7 Å². The van der Waals surface area contributed by atoms with Crippen LogP contribution in [0.2, 0.25) is 0 Å². The molecular weight excluding hydrogens is 214 g/mol. The molecule has 0 unspecified atom stereocenters. The van der Waals surface area contributed by atoms with Crippen LogP contribution in [-0.4, -0.2) is 17.9 Å². The van der Waals surface area contributed by atoms with Crippen LogP contribution in [0, 0.1) is 23.0 Å². The van der Waals surface area contributed by atoms with Crippen molar-refractivity contribution in [3.05, 3.63) is 34.9 Å². The fraction of sp³-hybridized carbons (Fsp3) is 0.273. The van der Waals surface area contributed by atoms with Gasteiger partial charge in [0.1, 0.15) is 23.3 Å². The van der Waals surface area contributed by atoms with Crippen LogP contribution in [0.1, 0.15) is 18.1 Å². The largest absolute Gasteiger partial charge is 0.342 e. The number of amides is 1. The first-order valence-corrected chi connectivity index (χ1v) is 4.55. The highest BCUT2D eigenvalue weighted by molar-refractivity contribution is 5.72. The summed E-state index contributed by atoms with van der Waals surface area (Å²) >= 11 is 0. The minimum absolute atomic E-state index is 0.106. The van der Waals surface area contributed by atoms with E-state index in [0.717, 1.165) is 12.1 Å². The molecule has 1 rings (SSSR count). The van der Waals surface area contributed by atoms with Crippen LogP contribution >= 0.6 is 0 Å². The van der Waals surface area contributed by atoms with Crippen LogP contribution in [0.4, 0.5) is 8.78 Å². The minimum atomic E-state index is -0.908. The van der Waals surface area contributed by atoms with Crippen LogP contribution in [0.5, 0.6) is 0 Å². The lowest BCUT2D eigenvalue weighted by Crippen LogP contribution is -2.23. The second-order valence-electron chi connectivity index (χ2n) is 3.42. The van der Waals surface area contributed by atoms with E-state index in [-0.39, 0.29) is 12.5 Å². The summed E-state index contributed by atoms with van der Waals surface area (Å²) in [5, 5.41) is 8.47. The monoisotopic (exact) mass is 224 g/mol. The summed E-state index contributed by atoms with van der Waals surface area (Å²) in [5.74, 6) is -2.02. The lowest BCUT2D eigenvalue weighted by Gasteiger charge is -2.14. The van der Waals surface area contributed by atoms with Crippen LogP contribution < -0.4 is 0 Å². The Hall–Kier alpha value is -1.96. The van der Waals surface area contributed by atoms with Gasteiger partial charge in [-0.1, -0.05) is 0 Å². The molecule has 0 heterocycles. The summed E-state index contributed by atoms with van der Waals surface area (Å²) in [5.41, 5.74) is -0.291. The molecule has 1 aromatic carbocycles. The molecule has 0 bridgehead atoms. The van der Waals surface area contributed by atoms with Crippen molar-refractivity contribution < 1.29 is 13.6 Å². The first-order chi connectivity index (χ1) is 7.45. The number of hydrogen-bond acceptors (Lipinski definition) is 2. The zero-order valence-electron chi connectivity index (χ0n) is 8.92. The summed E-state index contributed by atoms with van der Waals surface area (Å²) in [4.78, 5) is 12.2. The molecule has 0 fully saturated rings. The molecular formula is C11H10F2N2O. The highest BCUT2D eigenvalue weighted by Crippen LogP contribution is 2.15. The summed E-state index contributed by atoms with van der Waals surface area (Å²) in [6, 6.07) is 3.55. The number of carbonyl (C=O) groups excluding carboxylic acids is 1. The molecule has 0 aromatic heterocycles. The third-order valence-electron chi connectivity index (χ3n) is 2.17. The molecule has 5 heteroatoms. The van der Waals surface area contributed by atoms with E-state index in [9.17, 15) is 13.6 Å². The number of carbonyl (C=O) groups is 1. The summed E-state index contributed by atoms with van der Waals surface area (Å²) in [6.07, 6.45) is 0. The zero-order valence-corrected chi connectivity index (χ0v) is 8.92. The lowest BCUT2D eigenvalue weighted by molar-refractivity contribution is -0.128. The van der Waals surface area contributed by atoms with E-state index in [1.807, 2.05) is 0 Å². The van der Waals surface area contributed by atoms with Gasteiger partial charge in [0.25, 0.3) is 0 Å². The molecule has 0 aliphatic rings. The average molecular weight is 224 g/mol. The van der Waals surface area contributed by atoms with Gasteiger partial charge in [0.15, 0.2) is 0 Å². The number of benzene rings is 1. The van der Waals surface area contributed by atoms with E-state index < -0.39 is 17.2 Å². The number of nitriles is 1. The van der Waals surface area contributed by atoms with Crippen molar-refractivity contribution >= 4 is 5.91 Å². The van der Waals surface area contributed by atoms with Crippen molar-refractivity contribution in [3.8, 4) is 6.07 Å². The Morgan fingerprint density at radius 1 is 1.44 bits per heavy atom. The van der Waals surface area contributed by atoms with Crippen molar-refractivity contribution in [1.82, 2.24) is 4.90 Å². The molecule has 0 N–H and O–H groups in total. The first kappa shape index (κ1) is 12.1. The third-order valence-corrected chi connectivity index (χ3v) is 2.17. The molecule has 0 aliphatic heterocycles. The molecule has 0 spiro atoms. The van der Waals surface area contributed by atoms with Crippen molar-refractivity contribution in [3.63, 3.8) is 0 Å². The van der Waals surface area contributed by atoms with Gasteiger partial charge in [0.05, 0.1) is 0 Å². The quantitative estimate of drug-likeness (QED) is 0.769. The summed E-state index contributed by atoms with van der Waals surface area (Å²) < 4.78 is 26.4. The summed E-state index contributed by atoms with van der Waals surface area (Å²) in [7, 11) is 1.52. The number of nitrogens with zero attached hydrogens (tertiary/aromatic N) is 2. The van der Waals surface area contributed by atoms with E-state index in [2.05, 4.69) is 0 Å². The van der Waals surface area contributed by atoms with Crippen molar-refractivity contribution in [2.24, 2.45) is 0 Å². The fourth-order valence-corrected chi connectivity index (χ4v) is 1.21. The van der Waals surface area contributed by atoms with Crippen LogP contribution in [0.15, 0.2) is 12.1 Å². The molecule has 84 valence electrons. The van der Waals surface area contributed by atoms with Crippen LogP contribution in [0.25, 0.3) is 0 Å². The standard InChI is InChI=1S/C11H10F2N2O/c1-7(16)15(2)6-8-3-10(12)9(5-14)11(13)4-8/h3-4H,6H2,1-2H3. The van der Waals surface area contributed by atoms with Gasteiger partial charge in [-0.2, -0.15) is 5.26 Å². The molecule has 1 aromatic rings. The molecule has 0 saturated carbocycles. The van der Waals surface area contributed by atoms with Gasteiger partial charge in [-0.15, -0.1) is 0 Å². The van der Waals surface area contributed by atoms with Crippen molar-refractivity contribution in [1.29, 1.82) is 5.26 Å². The second kappa shape index (κ2) is 4.71. The SMILES string of the molecule is CC(=O)N(C)Cc1cc(F)c(C#N)c(F)c1. The Kier molecular flexibility index (Phi) is 3.56. The molecule has 0 atom stereocenters. The van der Waals surface area contributed by atoms with Crippen molar-refractivity contribution in [2.45, 2.75) is 13.5 Å². The maximum atomic E-state index is 13.2. The molecule has 1 amide bonds. The molecule has 3 nitrogen and oxygen atoms in total. The average Bonchev–Trinajstić information content (AvgIpc) is 2.16. The number of hydrogen-bond donors (Lipinski definition) is 0. The molecule has 0 aliphatic carbocycles. The topological polar surface area (TPSA) is 44.1 Å². The second-order valence-corrected chi connectivity index (χ2v) is 3.42. The Bertz CT molecular complexity index is 443. The molecule has 16 heavy (non-hydrogen) atoms. The number of halogens is 2. The maximum absolute atomic E-state index is 13.2. The van der Waals surface area contributed by atoms with E-state index >= 15 is 0 Å². The summed E-state index contributed by atoms with van der Waals surface area (Å²) in [6.45, 7) is 1.46. The highest BCUT2D eigenvalue weighted by atomic mass is 19.1. The van der Waals surface area contributed by atoms with Gasteiger partial charge in [-0.3, -0.25) is 4.79 Å². The van der Waals surface area contributed by atoms with Gasteiger partial charge in [0, 0.05) is 20.5 Å². The fourth-order valence-electron chi connectivity index (χ4n) is 1.21. The Morgan fingerprint density at radius 3 is 2.31 bits per heavy atom. The van der Waals surface area contributed by atoms with E-state index in [0.29, 0.717) is 5.56 Å². The molecule has 0 radical (unpaired) electrons. The van der Waals surface area contributed by atoms with Gasteiger partial charge in [0.2, 0.25) is 5.91 Å².